The highest BCUT2D eigenvalue weighted by Crippen LogP contribution is 2.23. The second kappa shape index (κ2) is 6.16. The molecule has 0 unspecified atom stereocenters. The first-order chi connectivity index (χ1) is 7.96. The van der Waals surface area contributed by atoms with E-state index < -0.39 is 0 Å². The number of H-pyrrole nitrogens is 1. The van der Waals surface area contributed by atoms with E-state index in [4.69, 9.17) is 5.73 Å². The fourth-order valence-electron chi connectivity index (χ4n) is 1.50. The molecule has 4 N–H and O–H groups in total. The van der Waals surface area contributed by atoms with Gasteiger partial charge in [0, 0.05) is 6.54 Å². The Hall–Kier alpha value is -0.880. The van der Waals surface area contributed by atoms with Gasteiger partial charge in [-0.15, -0.1) is 0 Å². The van der Waals surface area contributed by atoms with Crippen molar-refractivity contribution in [1.82, 2.24) is 9.97 Å². The van der Waals surface area contributed by atoms with Crippen LogP contribution in [0.4, 0.5) is 5.82 Å². The van der Waals surface area contributed by atoms with Gasteiger partial charge in [0.1, 0.15) is 10.3 Å². The fourth-order valence-corrected chi connectivity index (χ4v) is 1.86. The summed E-state index contributed by atoms with van der Waals surface area (Å²) in [4.78, 5) is 17.9. The van der Waals surface area contributed by atoms with Crippen molar-refractivity contribution in [2.45, 2.75) is 26.7 Å². The molecule has 0 aliphatic carbocycles. The molecule has 0 bridgehead atoms. The molecular weight excluding hydrogens is 284 g/mol. The molecule has 5 nitrogen and oxygen atoms in total. The number of halogens is 1. The summed E-state index contributed by atoms with van der Waals surface area (Å²) in [5.74, 6) is 0.578. The Labute approximate surface area is 109 Å². The van der Waals surface area contributed by atoms with Crippen LogP contribution in [0.3, 0.4) is 0 Å². The molecular formula is C11H19BrN4O. The van der Waals surface area contributed by atoms with Crippen molar-refractivity contribution < 1.29 is 0 Å². The van der Waals surface area contributed by atoms with Crippen LogP contribution in [0.1, 0.15) is 26.7 Å². The number of nitrogens with zero attached hydrogens (tertiary/aromatic N) is 1. The lowest BCUT2D eigenvalue weighted by Gasteiger charge is -2.25. The summed E-state index contributed by atoms with van der Waals surface area (Å²) >= 11 is 3.21. The Morgan fingerprint density at radius 2 is 2.29 bits per heavy atom. The Morgan fingerprint density at radius 3 is 2.94 bits per heavy atom. The molecule has 0 atom stereocenters. The first-order valence-electron chi connectivity index (χ1n) is 5.63. The van der Waals surface area contributed by atoms with Crippen LogP contribution >= 0.6 is 15.9 Å². The standard InChI is InChI=1S/C11H19BrN4O/c1-11(2,4-3-5-13)6-14-9-8(12)10(17)16-7-15-9/h7H,3-6,13H2,1-2H3,(H2,14,15,16,17). The predicted molar refractivity (Wildman–Crippen MR) is 73.1 cm³/mol. The Kier molecular flexibility index (Phi) is 5.14. The molecule has 17 heavy (non-hydrogen) atoms. The Bertz CT molecular complexity index is 416. The van der Waals surface area contributed by atoms with Crippen LogP contribution in [-0.2, 0) is 0 Å². The van der Waals surface area contributed by atoms with Crippen molar-refractivity contribution in [2.75, 3.05) is 18.4 Å². The van der Waals surface area contributed by atoms with Crippen molar-refractivity contribution in [3.05, 3.63) is 21.2 Å². The number of aromatic amines is 1. The van der Waals surface area contributed by atoms with Gasteiger partial charge in [-0.2, -0.15) is 0 Å². The molecule has 1 rings (SSSR count). The van der Waals surface area contributed by atoms with Gasteiger partial charge in [0.15, 0.2) is 0 Å². The molecule has 1 aromatic rings. The largest absolute Gasteiger partial charge is 0.368 e. The second-order valence-electron chi connectivity index (χ2n) is 4.80. The van der Waals surface area contributed by atoms with Gasteiger partial charge >= 0.3 is 0 Å². The van der Waals surface area contributed by atoms with Gasteiger partial charge in [0.05, 0.1) is 6.33 Å². The third-order valence-electron chi connectivity index (χ3n) is 2.59. The van der Waals surface area contributed by atoms with Crippen LogP contribution in [-0.4, -0.2) is 23.1 Å². The predicted octanol–water partition coefficient (Wildman–Crippen LogP) is 1.71. The van der Waals surface area contributed by atoms with E-state index in [0.29, 0.717) is 16.8 Å². The van der Waals surface area contributed by atoms with Crippen molar-refractivity contribution in [2.24, 2.45) is 11.1 Å². The SMILES string of the molecule is CC(C)(CCCN)CNc1nc[nH]c(=O)c1Br. The zero-order valence-electron chi connectivity index (χ0n) is 10.2. The molecule has 0 aliphatic heterocycles. The van der Waals surface area contributed by atoms with Crippen LogP contribution in [0, 0.1) is 5.41 Å². The van der Waals surface area contributed by atoms with Gasteiger partial charge in [-0.25, -0.2) is 4.98 Å². The van der Waals surface area contributed by atoms with Crippen molar-refractivity contribution >= 4 is 21.7 Å². The summed E-state index contributed by atoms with van der Waals surface area (Å²) in [6, 6.07) is 0. The number of nitrogens with two attached hydrogens (primary N) is 1. The second-order valence-corrected chi connectivity index (χ2v) is 5.60. The Balaban J connectivity index is 2.61. The van der Waals surface area contributed by atoms with E-state index in [1.165, 1.54) is 6.33 Å². The first kappa shape index (κ1) is 14.2. The normalized spacial score (nSPS) is 11.5. The van der Waals surface area contributed by atoms with Gasteiger partial charge in [-0.3, -0.25) is 4.79 Å². The van der Waals surface area contributed by atoms with Gasteiger partial charge in [0.25, 0.3) is 5.56 Å². The molecule has 0 amide bonds. The molecule has 96 valence electrons. The maximum atomic E-state index is 11.3. The van der Waals surface area contributed by atoms with E-state index in [1.54, 1.807) is 0 Å². The van der Waals surface area contributed by atoms with E-state index in [1.807, 2.05) is 0 Å². The maximum Gasteiger partial charge on any atom is 0.267 e. The summed E-state index contributed by atoms with van der Waals surface area (Å²) in [5.41, 5.74) is 5.45. The molecule has 1 aromatic heterocycles. The average Bonchev–Trinajstić information content (AvgIpc) is 2.29. The van der Waals surface area contributed by atoms with E-state index in [0.717, 1.165) is 19.4 Å². The number of rotatable bonds is 6. The van der Waals surface area contributed by atoms with Crippen LogP contribution in [0.5, 0.6) is 0 Å². The van der Waals surface area contributed by atoms with Gasteiger partial charge in [-0.1, -0.05) is 13.8 Å². The minimum absolute atomic E-state index is 0.128. The van der Waals surface area contributed by atoms with Gasteiger partial charge in [0.2, 0.25) is 0 Å². The van der Waals surface area contributed by atoms with Crippen molar-refractivity contribution in [3.63, 3.8) is 0 Å². The van der Waals surface area contributed by atoms with Crippen molar-refractivity contribution in [1.29, 1.82) is 0 Å². The smallest absolute Gasteiger partial charge is 0.267 e. The van der Waals surface area contributed by atoms with Gasteiger partial charge < -0.3 is 16.0 Å². The summed E-state index contributed by atoms with van der Waals surface area (Å²) in [5, 5.41) is 3.18. The summed E-state index contributed by atoms with van der Waals surface area (Å²) in [7, 11) is 0. The number of aromatic nitrogens is 2. The van der Waals surface area contributed by atoms with Crippen LogP contribution in [0.25, 0.3) is 0 Å². The Morgan fingerprint density at radius 1 is 1.59 bits per heavy atom. The first-order valence-corrected chi connectivity index (χ1v) is 6.43. The maximum absolute atomic E-state index is 11.3. The molecule has 0 saturated carbocycles. The van der Waals surface area contributed by atoms with E-state index in [2.05, 4.69) is 45.1 Å². The zero-order chi connectivity index (χ0) is 12.9. The lowest BCUT2D eigenvalue weighted by Crippen LogP contribution is -2.25. The number of nitrogens with one attached hydrogen (secondary N) is 2. The number of hydrogen-bond acceptors (Lipinski definition) is 4. The minimum Gasteiger partial charge on any atom is -0.368 e. The third-order valence-corrected chi connectivity index (χ3v) is 3.32. The number of anilines is 1. The van der Waals surface area contributed by atoms with Crippen LogP contribution < -0.4 is 16.6 Å². The lowest BCUT2D eigenvalue weighted by atomic mass is 9.88. The highest BCUT2D eigenvalue weighted by molar-refractivity contribution is 9.10. The molecule has 0 aromatic carbocycles. The highest BCUT2D eigenvalue weighted by Gasteiger charge is 2.17. The monoisotopic (exact) mass is 302 g/mol. The molecule has 0 spiro atoms. The quantitative estimate of drug-likeness (QED) is 0.747. The fraction of sp³-hybridized carbons (Fsp3) is 0.636. The molecule has 0 saturated heterocycles. The third kappa shape index (κ3) is 4.47. The van der Waals surface area contributed by atoms with Crippen molar-refractivity contribution in [3.8, 4) is 0 Å². The molecule has 6 heteroatoms. The average molecular weight is 303 g/mol. The molecule has 0 aliphatic rings. The topological polar surface area (TPSA) is 83.8 Å². The van der Waals surface area contributed by atoms with E-state index >= 15 is 0 Å². The van der Waals surface area contributed by atoms with Gasteiger partial charge in [-0.05, 0) is 40.7 Å². The van der Waals surface area contributed by atoms with Crippen LogP contribution in [0.2, 0.25) is 0 Å². The molecule has 0 fully saturated rings. The summed E-state index contributed by atoms with van der Waals surface area (Å²) < 4.78 is 0.439. The molecule has 0 radical (unpaired) electrons. The summed E-state index contributed by atoms with van der Waals surface area (Å²) in [6.45, 7) is 5.78. The lowest BCUT2D eigenvalue weighted by molar-refractivity contribution is 0.350. The zero-order valence-corrected chi connectivity index (χ0v) is 11.8. The number of hydrogen-bond donors (Lipinski definition) is 3. The summed E-state index contributed by atoms with van der Waals surface area (Å²) in [6.07, 6.45) is 3.43. The highest BCUT2D eigenvalue weighted by atomic mass is 79.9. The van der Waals surface area contributed by atoms with Crippen LogP contribution in [0.15, 0.2) is 15.6 Å². The molecule has 1 heterocycles. The van der Waals surface area contributed by atoms with E-state index in [9.17, 15) is 4.79 Å². The minimum atomic E-state index is -0.178. The van der Waals surface area contributed by atoms with E-state index in [-0.39, 0.29) is 11.0 Å².